The molecule has 0 radical (unpaired) electrons. The number of nitriles is 1. The highest BCUT2D eigenvalue weighted by molar-refractivity contribution is 6.32. The number of hydrogen-bond acceptors (Lipinski definition) is 4. The molecule has 1 amide bonds. The topological polar surface area (TPSA) is 71.3 Å². The molecule has 3 aromatic rings. The highest BCUT2D eigenvalue weighted by Gasteiger charge is 2.11. The molecule has 0 saturated carbocycles. The van der Waals surface area contributed by atoms with E-state index in [4.69, 9.17) is 21.1 Å². The second-order valence-corrected chi connectivity index (χ2v) is 8.19. The van der Waals surface area contributed by atoms with E-state index >= 15 is 0 Å². The Morgan fingerprint density at radius 2 is 1.79 bits per heavy atom. The van der Waals surface area contributed by atoms with Crippen molar-refractivity contribution >= 4 is 29.3 Å². The summed E-state index contributed by atoms with van der Waals surface area (Å²) >= 11 is 6.25. The summed E-state index contributed by atoms with van der Waals surface area (Å²) in [5.41, 5.74) is 3.42. The molecule has 0 aliphatic rings. The average molecular weight is 461 g/mol. The first kappa shape index (κ1) is 23.9. The van der Waals surface area contributed by atoms with E-state index in [1.807, 2.05) is 51.1 Å². The van der Waals surface area contributed by atoms with Gasteiger partial charge in [-0.25, -0.2) is 0 Å². The molecule has 3 rings (SSSR count). The second-order valence-electron chi connectivity index (χ2n) is 7.78. The molecule has 33 heavy (non-hydrogen) atoms. The number of halogens is 1. The van der Waals surface area contributed by atoms with Crippen molar-refractivity contribution in [3.8, 4) is 17.6 Å². The molecular weight excluding hydrogens is 436 g/mol. The van der Waals surface area contributed by atoms with E-state index < -0.39 is 5.91 Å². The molecule has 0 aliphatic heterocycles. The summed E-state index contributed by atoms with van der Waals surface area (Å²) in [5, 5.41) is 12.6. The molecule has 0 aromatic heterocycles. The monoisotopic (exact) mass is 460 g/mol. The van der Waals surface area contributed by atoms with Crippen LogP contribution in [0.3, 0.4) is 0 Å². The lowest BCUT2D eigenvalue weighted by Gasteiger charge is -2.11. The van der Waals surface area contributed by atoms with Crippen LogP contribution in [0.25, 0.3) is 6.08 Å². The van der Waals surface area contributed by atoms with Gasteiger partial charge in [0.2, 0.25) is 0 Å². The lowest BCUT2D eigenvalue weighted by atomic mass is 10.1. The van der Waals surface area contributed by atoms with Gasteiger partial charge in [0.05, 0.1) is 11.1 Å². The zero-order valence-electron chi connectivity index (χ0n) is 18.8. The molecule has 0 unspecified atom stereocenters. The van der Waals surface area contributed by atoms with Gasteiger partial charge < -0.3 is 14.8 Å². The van der Waals surface area contributed by atoms with Crippen LogP contribution in [0.2, 0.25) is 5.02 Å². The number of hydrogen-bond donors (Lipinski definition) is 1. The van der Waals surface area contributed by atoms with Crippen LogP contribution in [0.4, 0.5) is 5.69 Å². The fourth-order valence-electron chi connectivity index (χ4n) is 2.96. The van der Waals surface area contributed by atoms with Gasteiger partial charge in [-0.3, -0.25) is 4.79 Å². The van der Waals surface area contributed by atoms with E-state index in [0.717, 1.165) is 5.56 Å². The van der Waals surface area contributed by atoms with Gasteiger partial charge in [0.1, 0.15) is 29.7 Å². The van der Waals surface area contributed by atoms with E-state index in [9.17, 15) is 10.1 Å². The summed E-state index contributed by atoms with van der Waals surface area (Å²) in [4.78, 5) is 12.6. The number of ether oxygens (including phenoxy) is 2. The predicted molar refractivity (Wildman–Crippen MR) is 131 cm³/mol. The maximum Gasteiger partial charge on any atom is 0.266 e. The van der Waals surface area contributed by atoms with E-state index in [1.54, 1.807) is 42.5 Å². The van der Waals surface area contributed by atoms with Crippen LogP contribution in [0.15, 0.2) is 72.3 Å². The molecule has 0 heterocycles. The highest BCUT2D eigenvalue weighted by atomic mass is 35.5. The molecule has 0 spiro atoms. The smallest absolute Gasteiger partial charge is 0.266 e. The van der Waals surface area contributed by atoms with Gasteiger partial charge in [-0.05, 0) is 74.4 Å². The number of carbonyl (C=O) groups is 1. The van der Waals surface area contributed by atoms with Crippen molar-refractivity contribution < 1.29 is 14.3 Å². The van der Waals surface area contributed by atoms with Gasteiger partial charge in [-0.1, -0.05) is 47.5 Å². The van der Waals surface area contributed by atoms with Crippen LogP contribution in [0.1, 0.15) is 30.5 Å². The number of nitrogens with zero attached hydrogens (tertiary/aromatic N) is 1. The fourth-order valence-corrected chi connectivity index (χ4v) is 3.19. The van der Waals surface area contributed by atoms with Crippen molar-refractivity contribution in [3.63, 3.8) is 0 Å². The number of nitrogens with one attached hydrogen (secondary N) is 1. The lowest BCUT2D eigenvalue weighted by molar-refractivity contribution is -0.112. The first-order valence-electron chi connectivity index (χ1n) is 10.5. The zero-order valence-corrected chi connectivity index (χ0v) is 19.5. The van der Waals surface area contributed by atoms with Crippen molar-refractivity contribution in [2.24, 2.45) is 0 Å². The summed E-state index contributed by atoms with van der Waals surface area (Å²) in [7, 11) is 0. The number of rotatable bonds is 8. The zero-order chi connectivity index (χ0) is 23.8. The molecule has 6 heteroatoms. The summed E-state index contributed by atoms with van der Waals surface area (Å²) in [6.45, 7) is 6.31. The van der Waals surface area contributed by atoms with Gasteiger partial charge in [0.15, 0.2) is 0 Å². The Morgan fingerprint density at radius 1 is 1.09 bits per heavy atom. The van der Waals surface area contributed by atoms with Crippen molar-refractivity contribution in [1.29, 1.82) is 5.26 Å². The molecule has 1 N–H and O–H groups in total. The van der Waals surface area contributed by atoms with Crippen LogP contribution >= 0.6 is 11.6 Å². The van der Waals surface area contributed by atoms with Crippen molar-refractivity contribution in [2.75, 3.05) is 5.32 Å². The van der Waals surface area contributed by atoms with E-state index in [-0.39, 0.29) is 11.7 Å². The van der Waals surface area contributed by atoms with Crippen molar-refractivity contribution in [1.82, 2.24) is 0 Å². The van der Waals surface area contributed by atoms with E-state index in [2.05, 4.69) is 5.32 Å². The Bertz CT molecular complexity index is 1180. The van der Waals surface area contributed by atoms with Gasteiger partial charge in [-0.15, -0.1) is 0 Å². The van der Waals surface area contributed by atoms with Crippen LogP contribution < -0.4 is 14.8 Å². The number of anilines is 1. The SMILES string of the molecule is Cc1ccc(COc2ccc(NC(=O)/C(C#N)=C/c3ccc(OC(C)C)c(Cl)c3)cc2)cc1. The normalized spacial score (nSPS) is 11.1. The number of amides is 1. The Balaban J connectivity index is 1.62. The summed E-state index contributed by atoms with van der Waals surface area (Å²) < 4.78 is 11.4. The minimum absolute atomic E-state index is 0.0104. The first-order valence-corrected chi connectivity index (χ1v) is 10.9. The van der Waals surface area contributed by atoms with Gasteiger partial charge in [0.25, 0.3) is 5.91 Å². The molecule has 168 valence electrons. The van der Waals surface area contributed by atoms with Crippen LogP contribution in [-0.2, 0) is 11.4 Å². The quantitative estimate of drug-likeness (QED) is 0.305. The molecule has 0 bridgehead atoms. The first-order chi connectivity index (χ1) is 15.8. The second kappa shape index (κ2) is 11.2. The summed E-state index contributed by atoms with van der Waals surface area (Å²) in [6.07, 6.45) is 1.48. The summed E-state index contributed by atoms with van der Waals surface area (Å²) in [6, 6.07) is 22.2. The highest BCUT2D eigenvalue weighted by Crippen LogP contribution is 2.27. The number of carbonyl (C=O) groups excluding carboxylic acids is 1. The molecule has 3 aromatic carbocycles. The predicted octanol–water partition coefficient (Wildman–Crippen LogP) is 6.56. The fraction of sp³-hybridized carbons (Fsp3) is 0.185. The average Bonchev–Trinajstić information content (AvgIpc) is 2.79. The van der Waals surface area contributed by atoms with E-state index in [0.29, 0.717) is 34.4 Å². The molecule has 0 atom stereocenters. The van der Waals surface area contributed by atoms with Gasteiger partial charge >= 0.3 is 0 Å². The third-order valence-electron chi connectivity index (χ3n) is 4.63. The molecule has 0 saturated heterocycles. The molecular formula is C27H25ClN2O3. The number of aryl methyl sites for hydroxylation is 1. The largest absolute Gasteiger partial charge is 0.489 e. The minimum atomic E-state index is -0.510. The van der Waals surface area contributed by atoms with Crippen LogP contribution in [0, 0.1) is 18.3 Å². The lowest BCUT2D eigenvalue weighted by Crippen LogP contribution is -2.13. The maximum atomic E-state index is 12.6. The van der Waals surface area contributed by atoms with Crippen LogP contribution in [0.5, 0.6) is 11.5 Å². The number of benzene rings is 3. The Morgan fingerprint density at radius 3 is 2.39 bits per heavy atom. The molecule has 0 aliphatic carbocycles. The Hall–Kier alpha value is -3.75. The van der Waals surface area contributed by atoms with Crippen molar-refractivity contribution in [2.45, 2.75) is 33.5 Å². The third-order valence-corrected chi connectivity index (χ3v) is 4.93. The Kier molecular flexibility index (Phi) is 8.12. The van der Waals surface area contributed by atoms with Gasteiger partial charge in [-0.2, -0.15) is 5.26 Å². The van der Waals surface area contributed by atoms with Gasteiger partial charge in [0, 0.05) is 5.69 Å². The standard InChI is InChI=1S/C27H25ClN2O3/c1-18(2)33-26-13-8-21(15-25(26)28)14-22(16-29)27(31)30-23-9-11-24(12-10-23)32-17-20-6-4-19(3)5-7-20/h4-15,18H,17H2,1-3H3,(H,30,31)/b22-14+. The third kappa shape index (κ3) is 7.13. The Labute approximate surface area is 199 Å². The summed E-state index contributed by atoms with van der Waals surface area (Å²) in [5.74, 6) is 0.726. The maximum absolute atomic E-state index is 12.6. The minimum Gasteiger partial charge on any atom is -0.489 e. The molecule has 0 fully saturated rings. The van der Waals surface area contributed by atoms with Crippen LogP contribution in [-0.4, -0.2) is 12.0 Å². The molecule has 5 nitrogen and oxygen atoms in total. The van der Waals surface area contributed by atoms with E-state index in [1.165, 1.54) is 11.6 Å². The van der Waals surface area contributed by atoms with Crippen molar-refractivity contribution in [3.05, 3.63) is 94.0 Å².